The zero-order chi connectivity index (χ0) is 37.5. The SMILES string of the molecule is CN(C)[C@@H]1C(O)=C(C(N)=O)C(=O)[C@@]2(O)C(O)=C3C(=O)c4c(cc(Cl)c(NC(=O)C(CCc5ccccc5)NOCc5ccccc5)c4O)CC3CC12. The molecular formula is C38H39ClN4O9. The number of aliphatic hydroxyl groups is 3. The molecule has 0 radical (unpaired) electrons. The number of anilines is 1. The maximum atomic E-state index is 14.2. The molecule has 0 saturated heterocycles. The summed E-state index contributed by atoms with van der Waals surface area (Å²) in [5, 5.41) is 48.5. The number of phenolic OH excluding ortho intramolecular Hbond substituents is 1. The normalized spacial score (nSPS) is 23.2. The molecule has 52 heavy (non-hydrogen) atoms. The summed E-state index contributed by atoms with van der Waals surface area (Å²) in [4.78, 5) is 60.9. The highest BCUT2D eigenvalue weighted by Crippen LogP contribution is 2.53. The number of fused-ring (bicyclic) bond motifs is 3. The van der Waals surface area contributed by atoms with Crippen LogP contribution in [0.2, 0.25) is 5.02 Å². The van der Waals surface area contributed by atoms with Gasteiger partial charge in [0.1, 0.15) is 28.8 Å². The molecule has 13 nitrogen and oxygen atoms in total. The highest BCUT2D eigenvalue weighted by Gasteiger charge is 2.63. The van der Waals surface area contributed by atoms with Gasteiger partial charge in [0.25, 0.3) is 5.91 Å². The zero-order valence-electron chi connectivity index (χ0n) is 28.4. The molecule has 8 N–H and O–H groups in total. The Morgan fingerprint density at radius 2 is 1.67 bits per heavy atom. The van der Waals surface area contributed by atoms with E-state index in [0.717, 1.165) is 11.1 Å². The lowest BCUT2D eigenvalue weighted by Crippen LogP contribution is -2.63. The molecule has 0 aliphatic heterocycles. The molecule has 272 valence electrons. The first kappa shape index (κ1) is 36.7. The molecule has 0 fully saturated rings. The summed E-state index contributed by atoms with van der Waals surface area (Å²) in [7, 11) is 3.11. The van der Waals surface area contributed by atoms with Gasteiger partial charge in [0, 0.05) is 11.5 Å². The molecule has 0 bridgehead atoms. The van der Waals surface area contributed by atoms with Crippen LogP contribution in [0.15, 0.2) is 89.4 Å². The summed E-state index contributed by atoms with van der Waals surface area (Å²) in [6, 6.07) is 18.2. The van der Waals surface area contributed by atoms with Crippen LogP contribution in [0.4, 0.5) is 5.69 Å². The summed E-state index contributed by atoms with van der Waals surface area (Å²) in [6.07, 6.45) is 0.763. The third-order valence-corrected chi connectivity index (χ3v) is 10.4. The second-order valence-electron chi connectivity index (χ2n) is 13.5. The fraction of sp³-hybridized carbons (Fsp3) is 0.316. The van der Waals surface area contributed by atoms with Crippen LogP contribution in [0.3, 0.4) is 0 Å². The van der Waals surface area contributed by atoms with Crippen molar-refractivity contribution in [2.75, 3.05) is 19.4 Å². The number of hydrogen-bond donors (Lipinski definition) is 7. The Labute approximate surface area is 304 Å². The number of rotatable bonds is 11. The number of hydroxylamine groups is 1. The van der Waals surface area contributed by atoms with Gasteiger partial charge in [0.2, 0.25) is 11.7 Å². The first-order chi connectivity index (χ1) is 24.7. The van der Waals surface area contributed by atoms with Crippen molar-refractivity contribution in [1.29, 1.82) is 0 Å². The molecule has 3 aliphatic rings. The van der Waals surface area contributed by atoms with Crippen molar-refractivity contribution in [2.45, 2.75) is 50.0 Å². The number of aryl methyl sites for hydroxylation is 1. The molecule has 3 aromatic carbocycles. The number of Topliss-reactive ketones (excluding diaryl/α,β-unsaturated/α-hetero) is 2. The molecule has 5 atom stereocenters. The number of carbonyl (C=O) groups is 4. The van der Waals surface area contributed by atoms with Crippen LogP contribution < -0.4 is 16.5 Å². The first-order valence-corrected chi connectivity index (χ1v) is 17.1. The van der Waals surface area contributed by atoms with Crippen molar-refractivity contribution < 1.29 is 44.4 Å². The minimum absolute atomic E-state index is 0.0463. The number of nitrogens with zero attached hydrogens (tertiary/aromatic N) is 1. The zero-order valence-corrected chi connectivity index (χ0v) is 29.2. The molecule has 3 aliphatic carbocycles. The topological polar surface area (TPSA) is 212 Å². The lowest BCUT2D eigenvalue weighted by atomic mass is 9.58. The van der Waals surface area contributed by atoms with E-state index in [0.29, 0.717) is 12.0 Å². The molecule has 2 amide bonds. The predicted octanol–water partition coefficient (Wildman–Crippen LogP) is 3.44. The first-order valence-electron chi connectivity index (χ1n) is 16.7. The van der Waals surface area contributed by atoms with E-state index >= 15 is 0 Å². The summed E-state index contributed by atoms with van der Waals surface area (Å²) in [6.45, 7) is 0.163. The summed E-state index contributed by atoms with van der Waals surface area (Å²) in [5.74, 6) is -8.41. The highest BCUT2D eigenvalue weighted by atomic mass is 35.5. The van der Waals surface area contributed by atoms with E-state index in [9.17, 15) is 39.6 Å². The van der Waals surface area contributed by atoms with Crippen molar-refractivity contribution in [3.05, 3.63) is 117 Å². The Morgan fingerprint density at radius 1 is 1.04 bits per heavy atom. The van der Waals surface area contributed by atoms with E-state index in [1.807, 2.05) is 60.7 Å². The van der Waals surface area contributed by atoms with E-state index in [1.54, 1.807) is 14.1 Å². The predicted molar refractivity (Wildman–Crippen MR) is 190 cm³/mol. The van der Waals surface area contributed by atoms with Crippen molar-refractivity contribution in [2.24, 2.45) is 17.6 Å². The number of aliphatic hydroxyl groups excluding tert-OH is 2. The number of amides is 2. The van der Waals surface area contributed by atoms with Crippen molar-refractivity contribution in [3.8, 4) is 5.75 Å². The second kappa shape index (κ2) is 14.5. The van der Waals surface area contributed by atoms with Crippen LogP contribution >= 0.6 is 11.6 Å². The average molecular weight is 731 g/mol. The quantitative estimate of drug-likeness (QED) is 0.0863. The number of aromatic hydroxyl groups is 1. The second-order valence-corrected chi connectivity index (χ2v) is 13.9. The molecule has 6 rings (SSSR count). The van der Waals surface area contributed by atoms with Crippen LogP contribution in [0.5, 0.6) is 5.75 Å². The number of carbonyl (C=O) groups excluding carboxylic acids is 4. The largest absolute Gasteiger partial charge is 0.510 e. The van der Waals surface area contributed by atoms with Crippen molar-refractivity contribution in [3.63, 3.8) is 0 Å². The van der Waals surface area contributed by atoms with Crippen molar-refractivity contribution in [1.82, 2.24) is 10.4 Å². The van der Waals surface area contributed by atoms with Gasteiger partial charge >= 0.3 is 0 Å². The minimum Gasteiger partial charge on any atom is -0.510 e. The van der Waals surface area contributed by atoms with E-state index < -0.39 is 75.7 Å². The van der Waals surface area contributed by atoms with Crippen LogP contribution in [-0.2, 0) is 38.7 Å². The molecule has 0 heterocycles. The Hall–Kier alpha value is -5.05. The monoisotopic (exact) mass is 730 g/mol. The van der Waals surface area contributed by atoms with Crippen LogP contribution in [0.25, 0.3) is 0 Å². The number of hydrogen-bond acceptors (Lipinski definition) is 11. The Kier molecular flexibility index (Phi) is 10.3. The number of nitrogens with two attached hydrogens (primary N) is 1. The summed E-state index contributed by atoms with van der Waals surface area (Å²) >= 11 is 6.63. The average Bonchev–Trinajstić information content (AvgIpc) is 3.10. The maximum Gasteiger partial charge on any atom is 0.255 e. The summed E-state index contributed by atoms with van der Waals surface area (Å²) in [5.41, 5.74) is 5.83. The van der Waals surface area contributed by atoms with E-state index in [-0.39, 0.29) is 47.7 Å². The van der Waals surface area contributed by atoms with Crippen molar-refractivity contribution >= 4 is 40.7 Å². The molecular weight excluding hydrogens is 692 g/mol. The molecule has 3 unspecified atom stereocenters. The van der Waals surface area contributed by atoms with Gasteiger partial charge in [0.15, 0.2) is 17.1 Å². The van der Waals surface area contributed by atoms with E-state index in [4.69, 9.17) is 22.2 Å². The number of halogens is 1. The number of likely N-dealkylation sites (N-methyl/N-ethyl adjacent to an activating group) is 1. The number of benzene rings is 3. The molecule has 0 aromatic heterocycles. The third-order valence-electron chi connectivity index (χ3n) is 10.1. The highest BCUT2D eigenvalue weighted by molar-refractivity contribution is 6.35. The van der Waals surface area contributed by atoms with E-state index in [1.165, 1.54) is 11.0 Å². The number of ketones is 2. The smallest absolute Gasteiger partial charge is 0.255 e. The van der Waals surface area contributed by atoms with Crippen LogP contribution in [0.1, 0.15) is 39.9 Å². The molecule has 0 spiro atoms. The minimum atomic E-state index is -2.78. The van der Waals surface area contributed by atoms with Gasteiger partial charge < -0.3 is 31.5 Å². The van der Waals surface area contributed by atoms with Gasteiger partial charge in [-0.1, -0.05) is 72.3 Å². The number of primary amides is 1. The Balaban J connectivity index is 1.31. The van der Waals surface area contributed by atoms with Gasteiger partial charge in [0.05, 0.1) is 23.2 Å². The fourth-order valence-corrected chi connectivity index (χ4v) is 7.87. The van der Waals surface area contributed by atoms with Gasteiger partial charge in [-0.15, -0.1) is 0 Å². The van der Waals surface area contributed by atoms with Gasteiger partial charge in [-0.25, -0.2) is 0 Å². The van der Waals surface area contributed by atoms with Gasteiger partial charge in [-0.2, -0.15) is 5.48 Å². The van der Waals surface area contributed by atoms with Gasteiger partial charge in [-0.3, -0.25) is 28.9 Å². The standard InChI is InChI=1S/C38H39ClN4O9/c1-43(2)30-23-16-21-15-22-17-24(39)29(32(45)26(22)31(44)27(21)34(47)38(23,51)35(48)28(33(30)46)36(40)49)41-37(50)25(14-13-19-9-5-3-6-10-19)42-52-18-20-11-7-4-8-12-20/h3-12,17,21,23,25,30,42,45-47,51H,13-16,18H2,1-2H3,(H2,40,49)(H,41,50)/t21?,23?,25?,30-,38-/m0/s1. The third kappa shape index (κ3) is 6.46. The van der Waals surface area contributed by atoms with E-state index in [2.05, 4.69) is 10.8 Å². The Morgan fingerprint density at radius 3 is 2.29 bits per heavy atom. The lowest BCUT2D eigenvalue weighted by molar-refractivity contribution is -0.148. The molecule has 0 saturated carbocycles. The Bertz CT molecular complexity index is 2000. The van der Waals surface area contributed by atoms with Gasteiger partial charge in [-0.05, 0) is 68.5 Å². The number of allylic oxidation sites excluding steroid dienone is 1. The molecule has 14 heteroatoms. The number of nitrogens with one attached hydrogen (secondary N) is 2. The maximum absolute atomic E-state index is 14.2. The summed E-state index contributed by atoms with van der Waals surface area (Å²) < 4.78 is 0. The van der Waals surface area contributed by atoms with Crippen LogP contribution in [0, 0.1) is 11.8 Å². The number of phenols is 1. The molecule has 3 aromatic rings. The lowest BCUT2D eigenvalue weighted by Gasteiger charge is -2.50. The fourth-order valence-electron chi connectivity index (χ4n) is 7.60. The van der Waals surface area contributed by atoms with Crippen LogP contribution in [-0.4, -0.2) is 80.5 Å².